The molecule has 3 saturated heterocycles. The highest BCUT2D eigenvalue weighted by atomic mass is 16.2. The summed E-state index contributed by atoms with van der Waals surface area (Å²) >= 11 is 0. The number of likely N-dealkylation sites (tertiary alicyclic amines) is 3. The molecule has 3 aliphatic rings. The molecule has 0 radical (unpaired) electrons. The van der Waals surface area contributed by atoms with Gasteiger partial charge < -0.3 is 14.7 Å². The van der Waals surface area contributed by atoms with Gasteiger partial charge in [-0.1, -0.05) is 13.8 Å². The van der Waals surface area contributed by atoms with Crippen LogP contribution in [-0.4, -0.2) is 82.8 Å². The fraction of sp³-hybridized carbons (Fsp3) is 0.739. The van der Waals surface area contributed by atoms with Crippen molar-refractivity contribution in [2.75, 3.05) is 46.3 Å². The Morgan fingerprint density at radius 2 is 1.80 bits per heavy atom. The van der Waals surface area contributed by atoms with Gasteiger partial charge in [0.25, 0.3) is 0 Å². The van der Waals surface area contributed by atoms with Crippen LogP contribution in [0.3, 0.4) is 0 Å². The number of aryl methyl sites for hydroxylation is 1. The molecule has 7 nitrogen and oxygen atoms in total. The molecule has 2 amide bonds. The van der Waals surface area contributed by atoms with E-state index in [0.717, 1.165) is 64.1 Å². The molecule has 1 atom stereocenters. The number of nitrogens with zero attached hydrogens (tertiary/aromatic N) is 5. The molecule has 4 rings (SSSR count). The summed E-state index contributed by atoms with van der Waals surface area (Å²) in [5, 5.41) is 0. The van der Waals surface area contributed by atoms with E-state index in [1.54, 1.807) is 12.4 Å². The summed E-state index contributed by atoms with van der Waals surface area (Å²) in [6, 6.07) is 0. The topological polar surface area (TPSA) is 69.6 Å². The third-order valence-corrected chi connectivity index (χ3v) is 7.60. The summed E-state index contributed by atoms with van der Waals surface area (Å²) in [5.41, 5.74) is 0.749. The minimum absolute atomic E-state index is 0.00772. The molecule has 0 unspecified atom stereocenters. The van der Waals surface area contributed by atoms with Crippen molar-refractivity contribution < 1.29 is 9.59 Å². The molecule has 3 aliphatic heterocycles. The van der Waals surface area contributed by atoms with E-state index in [0.29, 0.717) is 24.7 Å². The zero-order valence-corrected chi connectivity index (χ0v) is 18.6. The monoisotopic (exact) mass is 413 g/mol. The number of aromatic nitrogens is 2. The fourth-order valence-corrected chi connectivity index (χ4v) is 6.09. The Morgan fingerprint density at radius 3 is 2.40 bits per heavy atom. The molecule has 3 fully saturated rings. The van der Waals surface area contributed by atoms with Crippen LogP contribution in [0, 0.1) is 16.7 Å². The average molecular weight is 414 g/mol. The lowest BCUT2D eigenvalue weighted by Gasteiger charge is -2.47. The Balaban J connectivity index is 1.43. The van der Waals surface area contributed by atoms with E-state index in [1.165, 1.54) is 6.33 Å². The van der Waals surface area contributed by atoms with Crippen molar-refractivity contribution in [1.29, 1.82) is 0 Å². The maximum Gasteiger partial charge on any atom is 0.230 e. The molecular formula is C23H35N5O2. The molecule has 2 spiro atoms. The third kappa shape index (κ3) is 3.72. The zero-order valence-electron chi connectivity index (χ0n) is 18.6. The van der Waals surface area contributed by atoms with Crippen molar-refractivity contribution in [3.63, 3.8) is 0 Å². The van der Waals surface area contributed by atoms with E-state index < -0.39 is 0 Å². The summed E-state index contributed by atoms with van der Waals surface area (Å²) < 4.78 is 0. The Hall–Kier alpha value is -2.02. The molecule has 4 heterocycles. The van der Waals surface area contributed by atoms with Gasteiger partial charge in [-0.25, -0.2) is 9.97 Å². The Labute approximate surface area is 179 Å². The number of carbonyl (C=O) groups is 2. The highest BCUT2D eigenvalue weighted by molar-refractivity contribution is 5.86. The van der Waals surface area contributed by atoms with Gasteiger partial charge in [-0.3, -0.25) is 9.59 Å². The van der Waals surface area contributed by atoms with Crippen LogP contribution in [-0.2, 0) is 16.0 Å². The van der Waals surface area contributed by atoms with E-state index in [1.807, 2.05) is 16.8 Å². The normalized spacial score (nSPS) is 26.5. The van der Waals surface area contributed by atoms with Crippen molar-refractivity contribution in [2.24, 2.45) is 16.7 Å². The Bertz CT molecular complexity index is 775. The van der Waals surface area contributed by atoms with Gasteiger partial charge in [-0.2, -0.15) is 0 Å². The van der Waals surface area contributed by atoms with Gasteiger partial charge in [0.1, 0.15) is 6.33 Å². The van der Waals surface area contributed by atoms with Crippen LogP contribution >= 0.6 is 0 Å². The van der Waals surface area contributed by atoms with Crippen molar-refractivity contribution in [3.8, 4) is 0 Å². The van der Waals surface area contributed by atoms with Crippen molar-refractivity contribution >= 4 is 11.8 Å². The number of hydrogen-bond acceptors (Lipinski definition) is 5. The summed E-state index contributed by atoms with van der Waals surface area (Å²) in [4.78, 5) is 40.6. The second-order valence-corrected chi connectivity index (χ2v) is 10.0. The predicted molar refractivity (Wildman–Crippen MR) is 115 cm³/mol. The molecule has 1 aromatic heterocycles. The van der Waals surface area contributed by atoms with Crippen LogP contribution in [0.5, 0.6) is 0 Å². The maximum atomic E-state index is 13.3. The summed E-state index contributed by atoms with van der Waals surface area (Å²) in [6.45, 7) is 9.81. The fourth-order valence-electron chi connectivity index (χ4n) is 6.09. The lowest BCUT2D eigenvalue weighted by molar-refractivity contribution is -0.143. The van der Waals surface area contributed by atoms with Crippen LogP contribution in [0.15, 0.2) is 18.7 Å². The first-order chi connectivity index (χ1) is 14.4. The molecule has 30 heavy (non-hydrogen) atoms. The van der Waals surface area contributed by atoms with Crippen molar-refractivity contribution in [2.45, 2.75) is 46.0 Å². The number of piperidine rings is 1. The minimum atomic E-state index is -0.257. The van der Waals surface area contributed by atoms with E-state index in [-0.39, 0.29) is 16.7 Å². The highest BCUT2D eigenvalue weighted by Gasteiger charge is 2.64. The number of amides is 2. The third-order valence-electron chi connectivity index (χ3n) is 7.60. The smallest absolute Gasteiger partial charge is 0.230 e. The van der Waals surface area contributed by atoms with Gasteiger partial charge in [-0.05, 0) is 37.2 Å². The number of fused-ring (bicyclic) bond motifs is 1. The molecule has 0 aliphatic carbocycles. The van der Waals surface area contributed by atoms with Gasteiger partial charge in [0.05, 0.1) is 5.41 Å². The van der Waals surface area contributed by atoms with E-state index in [9.17, 15) is 9.59 Å². The molecule has 0 N–H and O–H groups in total. The first-order valence-corrected chi connectivity index (χ1v) is 11.3. The lowest BCUT2D eigenvalue weighted by atomic mass is 9.60. The highest BCUT2D eigenvalue weighted by Crippen LogP contribution is 2.57. The van der Waals surface area contributed by atoms with Gasteiger partial charge in [0.15, 0.2) is 0 Å². The summed E-state index contributed by atoms with van der Waals surface area (Å²) in [6.07, 6.45) is 9.06. The van der Waals surface area contributed by atoms with Gasteiger partial charge in [0.2, 0.25) is 11.8 Å². The molecule has 0 aromatic carbocycles. The van der Waals surface area contributed by atoms with E-state index >= 15 is 0 Å². The van der Waals surface area contributed by atoms with Crippen molar-refractivity contribution in [1.82, 2.24) is 24.7 Å². The molecule has 164 valence electrons. The van der Waals surface area contributed by atoms with Crippen LogP contribution in [0.25, 0.3) is 0 Å². The summed E-state index contributed by atoms with van der Waals surface area (Å²) in [7, 11) is 1.95. The van der Waals surface area contributed by atoms with Gasteiger partial charge >= 0.3 is 0 Å². The van der Waals surface area contributed by atoms with Gasteiger partial charge in [0, 0.05) is 70.5 Å². The Morgan fingerprint density at radius 1 is 1.10 bits per heavy atom. The molecule has 0 bridgehead atoms. The van der Waals surface area contributed by atoms with Crippen LogP contribution < -0.4 is 0 Å². The maximum absolute atomic E-state index is 13.3. The quantitative estimate of drug-likeness (QED) is 0.737. The predicted octanol–water partition coefficient (Wildman–Crippen LogP) is 1.84. The molecule has 0 saturated carbocycles. The van der Waals surface area contributed by atoms with E-state index in [2.05, 4.69) is 28.7 Å². The first-order valence-electron chi connectivity index (χ1n) is 11.3. The average Bonchev–Trinajstić information content (AvgIpc) is 3.19. The molecule has 7 heteroatoms. The standard InChI is InChI=1S/C23H35N5O2/c1-18(2)14-27-15-22(23(16-27)8-9-26(3)21(23)30)6-10-28(11-7-22)20(29)5-4-19-12-24-17-25-13-19/h12-13,17-18H,4-11,14-16H2,1-3H3/t23-/m1/s1. The van der Waals surface area contributed by atoms with Crippen molar-refractivity contribution in [3.05, 3.63) is 24.3 Å². The SMILES string of the molecule is CC(C)CN1CC2(CCN(C(=O)CCc3cncnc3)CC2)[C@]2(CCN(C)C2=O)C1. The van der Waals surface area contributed by atoms with E-state index in [4.69, 9.17) is 0 Å². The number of carbonyl (C=O) groups excluding carboxylic acids is 2. The summed E-state index contributed by atoms with van der Waals surface area (Å²) in [5.74, 6) is 1.13. The second kappa shape index (κ2) is 8.25. The minimum Gasteiger partial charge on any atom is -0.345 e. The van der Waals surface area contributed by atoms with Crippen LogP contribution in [0.1, 0.15) is 45.1 Å². The second-order valence-electron chi connectivity index (χ2n) is 10.0. The molecular weight excluding hydrogens is 378 g/mol. The molecule has 1 aromatic rings. The number of rotatable bonds is 5. The van der Waals surface area contributed by atoms with Gasteiger partial charge in [-0.15, -0.1) is 0 Å². The first kappa shape index (κ1) is 21.2. The van der Waals surface area contributed by atoms with Crippen LogP contribution in [0.2, 0.25) is 0 Å². The largest absolute Gasteiger partial charge is 0.345 e. The zero-order chi connectivity index (χ0) is 21.4. The Kier molecular flexibility index (Phi) is 5.84. The number of hydrogen-bond donors (Lipinski definition) is 0. The van der Waals surface area contributed by atoms with Crippen LogP contribution in [0.4, 0.5) is 0 Å². The lowest BCUT2D eigenvalue weighted by Crippen LogP contribution is -2.53.